The predicted molar refractivity (Wildman–Crippen MR) is 126 cm³/mol. The monoisotopic (exact) mass is 461 g/mol. The number of aryl methyl sites for hydroxylation is 2. The van der Waals surface area contributed by atoms with Gasteiger partial charge >= 0.3 is 0 Å². The second-order valence-corrected chi connectivity index (χ2v) is 8.53. The molecule has 1 heterocycles. The van der Waals surface area contributed by atoms with Crippen LogP contribution in [0.5, 0.6) is 0 Å². The van der Waals surface area contributed by atoms with Crippen molar-refractivity contribution < 1.29 is 18.4 Å². The van der Waals surface area contributed by atoms with Gasteiger partial charge in [0.2, 0.25) is 0 Å². The molecule has 0 aliphatic carbocycles. The third-order valence-corrected chi connectivity index (χ3v) is 6.05. The standard InChI is InChI=1S/C27H25F2N3O2/c1-17-7-8-20(13-18(17)2)24-15-25(19-9-11-22(28)12-10-19)32(30-24)26(33)16-31(3)27(34)21-5-4-6-23(29)14-21/h4-14,25H,15-16H2,1-3H3/t25-/m0/s1. The summed E-state index contributed by atoms with van der Waals surface area (Å²) in [4.78, 5) is 27.2. The molecule has 1 atom stereocenters. The van der Waals surface area contributed by atoms with E-state index in [4.69, 9.17) is 0 Å². The third-order valence-electron chi connectivity index (χ3n) is 6.05. The zero-order chi connectivity index (χ0) is 24.4. The molecule has 7 heteroatoms. The molecule has 34 heavy (non-hydrogen) atoms. The Kier molecular flexibility index (Phi) is 6.54. The molecule has 0 saturated carbocycles. The lowest BCUT2D eigenvalue weighted by molar-refractivity contribution is -0.133. The summed E-state index contributed by atoms with van der Waals surface area (Å²) in [5.74, 6) is -1.75. The fraction of sp³-hybridized carbons (Fsp3) is 0.222. The second kappa shape index (κ2) is 9.55. The highest BCUT2D eigenvalue weighted by atomic mass is 19.1. The highest BCUT2D eigenvalue weighted by Crippen LogP contribution is 2.33. The zero-order valence-corrected chi connectivity index (χ0v) is 19.3. The van der Waals surface area contributed by atoms with Gasteiger partial charge in [0.15, 0.2) is 0 Å². The van der Waals surface area contributed by atoms with Crippen LogP contribution in [0.1, 0.15) is 45.1 Å². The molecule has 2 amide bonds. The van der Waals surface area contributed by atoms with E-state index in [1.807, 2.05) is 32.0 Å². The number of hydrogen-bond donors (Lipinski definition) is 0. The van der Waals surface area contributed by atoms with Gasteiger partial charge in [0.05, 0.1) is 11.8 Å². The van der Waals surface area contributed by atoms with E-state index in [2.05, 4.69) is 5.10 Å². The molecule has 0 unspecified atom stereocenters. The van der Waals surface area contributed by atoms with Crippen LogP contribution in [0.4, 0.5) is 8.78 Å². The number of hydrogen-bond acceptors (Lipinski definition) is 3. The first-order chi connectivity index (χ1) is 16.2. The quantitative estimate of drug-likeness (QED) is 0.535. The number of halogens is 2. The first-order valence-corrected chi connectivity index (χ1v) is 11.0. The number of rotatable bonds is 5. The minimum absolute atomic E-state index is 0.158. The Morgan fingerprint density at radius 3 is 2.38 bits per heavy atom. The van der Waals surface area contributed by atoms with Gasteiger partial charge in [-0.1, -0.05) is 30.3 Å². The smallest absolute Gasteiger partial charge is 0.262 e. The summed E-state index contributed by atoms with van der Waals surface area (Å²) in [6.07, 6.45) is 0.460. The number of likely N-dealkylation sites (N-methyl/N-ethyl adjacent to an activating group) is 1. The summed E-state index contributed by atoms with van der Waals surface area (Å²) < 4.78 is 27.1. The molecule has 174 valence electrons. The van der Waals surface area contributed by atoms with Crippen molar-refractivity contribution in [1.82, 2.24) is 9.91 Å². The van der Waals surface area contributed by atoms with Gasteiger partial charge in [-0.05, 0) is 72.5 Å². The van der Waals surface area contributed by atoms with E-state index >= 15 is 0 Å². The molecule has 5 nitrogen and oxygen atoms in total. The van der Waals surface area contributed by atoms with Gasteiger partial charge in [0.1, 0.15) is 18.2 Å². The molecule has 3 aromatic rings. The van der Waals surface area contributed by atoms with E-state index in [1.165, 1.54) is 47.3 Å². The van der Waals surface area contributed by atoms with E-state index < -0.39 is 17.8 Å². The SMILES string of the molecule is Cc1ccc(C2=NN(C(=O)CN(C)C(=O)c3cccc(F)c3)[C@H](c3ccc(F)cc3)C2)cc1C. The van der Waals surface area contributed by atoms with Crippen LogP contribution in [0.2, 0.25) is 0 Å². The van der Waals surface area contributed by atoms with E-state index in [9.17, 15) is 18.4 Å². The van der Waals surface area contributed by atoms with Gasteiger partial charge in [-0.25, -0.2) is 13.8 Å². The minimum Gasteiger partial charge on any atom is -0.332 e. The number of nitrogens with zero attached hydrogens (tertiary/aromatic N) is 3. The maximum absolute atomic E-state index is 13.5. The van der Waals surface area contributed by atoms with Crippen molar-refractivity contribution in [3.8, 4) is 0 Å². The van der Waals surface area contributed by atoms with Crippen LogP contribution in [0.25, 0.3) is 0 Å². The molecule has 3 aromatic carbocycles. The molecule has 0 bridgehead atoms. The van der Waals surface area contributed by atoms with E-state index in [0.717, 1.165) is 34.0 Å². The summed E-state index contributed by atoms with van der Waals surface area (Å²) in [6, 6.07) is 16.9. The van der Waals surface area contributed by atoms with Crippen molar-refractivity contribution >= 4 is 17.5 Å². The summed E-state index contributed by atoms with van der Waals surface area (Å²) in [5, 5.41) is 5.99. The number of carbonyl (C=O) groups excluding carboxylic acids is 2. The van der Waals surface area contributed by atoms with Crippen LogP contribution in [0, 0.1) is 25.5 Å². The summed E-state index contributed by atoms with van der Waals surface area (Å²) in [7, 11) is 1.49. The average Bonchev–Trinajstić information content (AvgIpc) is 3.26. The predicted octanol–water partition coefficient (Wildman–Crippen LogP) is 5.03. The first kappa shape index (κ1) is 23.3. The Morgan fingerprint density at radius 2 is 1.71 bits per heavy atom. The summed E-state index contributed by atoms with van der Waals surface area (Å²) in [5.41, 5.74) is 4.83. The molecule has 0 fully saturated rings. The fourth-order valence-corrected chi connectivity index (χ4v) is 3.97. The Balaban J connectivity index is 1.61. The fourth-order valence-electron chi connectivity index (χ4n) is 3.97. The van der Waals surface area contributed by atoms with Crippen molar-refractivity contribution in [2.24, 2.45) is 5.10 Å². The van der Waals surface area contributed by atoms with Crippen LogP contribution < -0.4 is 0 Å². The lowest BCUT2D eigenvalue weighted by Crippen LogP contribution is -2.39. The zero-order valence-electron chi connectivity index (χ0n) is 19.3. The third kappa shape index (κ3) is 4.88. The van der Waals surface area contributed by atoms with Crippen LogP contribution in [-0.4, -0.2) is 41.0 Å². The van der Waals surface area contributed by atoms with Gasteiger partial charge in [0, 0.05) is 19.0 Å². The largest absolute Gasteiger partial charge is 0.332 e. The lowest BCUT2D eigenvalue weighted by Gasteiger charge is -2.25. The molecule has 1 aliphatic rings. The number of amides is 2. The minimum atomic E-state index is -0.524. The Morgan fingerprint density at radius 1 is 0.971 bits per heavy atom. The van der Waals surface area contributed by atoms with Gasteiger partial charge in [-0.2, -0.15) is 5.10 Å². The van der Waals surface area contributed by atoms with Gasteiger partial charge in [0.25, 0.3) is 11.8 Å². The highest BCUT2D eigenvalue weighted by molar-refractivity contribution is 6.04. The molecule has 0 aromatic heterocycles. The Hall–Kier alpha value is -3.87. The number of benzene rings is 3. The molecular formula is C27H25F2N3O2. The van der Waals surface area contributed by atoms with Crippen molar-refractivity contribution in [1.29, 1.82) is 0 Å². The Bertz CT molecular complexity index is 1270. The second-order valence-electron chi connectivity index (χ2n) is 8.53. The van der Waals surface area contributed by atoms with Crippen molar-refractivity contribution in [2.75, 3.05) is 13.6 Å². The van der Waals surface area contributed by atoms with Crippen LogP contribution >= 0.6 is 0 Å². The van der Waals surface area contributed by atoms with Crippen molar-refractivity contribution in [3.05, 3.63) is 106 Å². The van der Waals surface area contributed by atoms with Crippen molar-refractivity contribution in [2.45, 2.75) is 26.3 Å². The van der Waals surface area contributed by atoms with E-state index in [-0.39, 0.29) is 23.8 Å². The Labute approximate surface area is 197 Å². The molecular weight excluding hydrogens is 436 g/mol. The summed E-state index contributed by atoms with van der Waals surface area (Å²) in [6.45, 7) is 3.80. The lowest BCUT2D eigenvalue weighted by atomic mass is 9.96. The van der Waals surface area contributed by atoms with E-state index in [1.54, 1.807) is 12.1 Å². The topological polar surface area (TPSA) is 53.0 Å². The molecule has 0 radical (unpaired) electrons. The van der Waals surface area contributed by atoms with Crippen LogP contribution in [0.15, 0.2) is 71.8 Å². The highest BCUT2D eigenvalue weighted by Gasteiger charge is 2.34. The van der Waals surface area contributed by atoms with Crippen LogP contribution in [-0.2, 0) is 4.79 Å². The molecule has 0 N–H and O–H groups in total. The average molecular weight is 462 g/mol. The maximum Gasteiger partial charge on any atom is 0.262 e. The maximum atomic E-state index is 13.5. The molecule has 4 rings (SSSR count). The molecule has 0 spiro atoms. The molecule has 1 aliphatic heterocycles. The first-order valence-electron chi connectivity index (χ1n) is 11.0. The molecule has 0 saturated heterocycles. The van der Waals surface area contributed by atoms with E-state index in [0.29, 0.717) is 6.42 Å². The number of carbonyl (C=O) groups is 2. The summed E-state index contributed by atoms with van der Waals surface area (Å²) >= 11 is 0. The van der Waals surface area contributed by atoms with Crippen molar-refractivity contribution in [3.63, 3.8) is 0 Å². The van der Waals surface area contributed by atoms with Gasteiger partial charge < -0.3 is 4.90 Å². The van der Waals surface area contributed by atoms with Gasteiger partial charge in [-0.3, -0.25) is 9.59 Å². The number of hydrazone groups is 1. The van der Waals surface area contributed by atoms with Crippen LogP contribution in [0.3, 0.4) is 0 Å². The van der Waals surface area contributed by atoms with Gasteiger partial charge in [-0.15, -0.1) is 0 Å². The normalized spacial score (nSPS) is 15.3.